The second kappa shape index (κ2) is 4.65. The van der Waals surface area contributed by atoms with E-state index in [0.717, 1.165) is 18.1 Å². The highest BCUT2D eigenvalue weighted by Crippen LogP contribution is 2.19. The van der Waals surface area contributed by atoms with E-state index in [-0.39, 0.29) is 5.41 Å². The van der Waals surface area contributed by atoms with Crippen molar-refractivity contribution in [3.63, 3.8) is 0 Å². The van der Waals surface area contributed by atoms with Crippen molar-refractivity contribution in [1.29, 1.82) is 0 Å². The summed E-state index contributed by atoms with van der Waals surface area (Å²) in [4.78, 5) is 10.6. The fourth-order valence-electron chi connectivity index (χ4n) is 1.60. The van der Waals surface area contributed by atoms with Crippen molar-refractivity contribution < 1.29 is 0 Å². The zero-order valence-electron chi connectivity index (χ0n) is 10.7. The molecule has 0 atom stereocenters. The average molecular weight is 223 g/mol. The number of hydrogen-bond donors (Lipinski definition) is 2. The van der Waals surface area contributed by atoms with Gasteiger partial charge in [0.25, 0.3) is 0 Å². The summed E-state index contributed by atoms with van der Waals surface area (Å²) >= 11 is 0. The summed E-state index contributed by atoms with van der Waals surface area (Å²) in [6.07, 6.45) is 0. The molecular formula is C11H21N5. The highest BCUT2D eigenvalue weighted by molar-refractivity contribution is 5.43. The lowest BCUT2D eigenvalue weighted by atomic mass is 9.96. The lowest BCUT2D eigenvalue weighted by Crippen LogP contribution is -2.30. The van der Waals surface area contributed by atoms with Gasteiger partial charge >= 0.3 is 0 Å². The molecule has 0 aliphatic rings. The molecule has 5 heteroatoms. The molecule has 0 aromatic carbocycles. The summed E-state index contributed by atoms with van der Waals surface area (Å²) < 4.78 is 0. The topological polar surface area (TPSA) is 67.1 Å². The average Bonchev–Trinajstić information content (AvgIpc) is 2.14. The van der Waals surface area contributed by atoms with E-state index < -0.39 is 0 Å². The number of nitrogens with zero attached hydrogens (tertiary/aromatic N) is 3. The number of aryl methyl sites for hydroxylation is 1. The van der Waals surface area contributed by atoms with Gasteiger partial charge in [-0.05, 0) is 12.3 Å². The monoisotopic (exact) mass is 223 g/mol. The molecule has 0 saturated carbocycles. The second-order valence-corrected chi connectivity index (χ2v) is 5.25. The molecule has 0 spiro atoms. The van der Waals surface area contributed by atoms with E-state index in [1.54, 1.807) is 0 Å². The number of hydrazine groups is 1. The first kappa shape index (κ1) is 12.7. The predicted octanol–water partition coefficient (Wildman–Crippen LogP) is 1.55. The Labute approximate surface area is 97.0 Å². The number of nitrogen functional groups attached to an aromatic ring is 1. The number of rotatable bonds is 3. The minimum Gasteiger partial charge on any atom is -0.359 e. The van der Waals surface area contributed by atoms with Crippen molar-refractivity contribution in [2.24, 2.45) is 11.3 Å². The first-order valence-corrected chi connectivity index (χ1v) is 5.35. The maximum Gasteiger partial charge on any atom is 0.239 e. The maximum absolute atomic E-state index is 5.32. The Morgan fingerprint density at radius 3 is 2.50 bits per heavy atom. The van der Waals surface area contributed by atoms with E-state index in [9.17, 15) is 0 Å². The third-order valence-corrected chi connectivity index (χ3v) is 2.07. The fourth-order valence-corrected chi connectivity index (χ4v) is 1.60. The normalized spacial score (nSPS) is 11.4. The summed E-state index contributed by atoms with van der Waals surface area (Å²) in [6, 6.07) is 1.95. The van der Waals surface area contributed by atoms with Crippen molar-refractivity contribution in [3.8, 4) is 0 Å². The molecule has 1 aromatic rings. The molecular weight excluding hydrogens is 202 g/mol. The molecule has 0 fully saturated rings. The summed E-state index contributed by atoms with van der Waals surface area (Å²) in [7, 11) is 2.02. The van der Waals surface area contributed by atoms with Gasteiger partial charge in [0.05, 0.1) is 0 Å². The molecule has 16 heavy (non-hydrogen) atoms. The van der Waals surface area contributed by atoms with Crippen LogP contribution < -0.4 is 16.2 Å². The van der Waals surface area contributed by atoms with Crippen molar-refractivity contribution in [3.05, 3.63) is 11.8 Å². The molecule has 0 amide bonds. The number of nitrogens with two attached hydrogens (primary N) is 1. The van der Waals surface area contributed by atoms with Gasteiger partial charge in [0, 0.05) is 25.4 Å². The van der Waals surface area contributed by atoms with Crippen LogP contribution in [0.2, 0.25) is 0 Å². The summed E-state index contributed by atoms with van der Waals surface area (Å²) in [5.41, 5.74) is 3.60. The van der Waals surface area contributed by atoms with Gasteiger partial charge in [-0.3, -0.25) is 5.43 Å². The number of aromatic nitrogens is 2. The van der Waals surface area contributed by atoms with Crippen LogP contribution in [-0.2, 0) is 0 Å². The Hall–Kier alpha value is -1.36. The molecule has 0 saturated heterocycles. The van der Waals surface area contributed by atoms with Crippen molar-refractivity contribution in [2.45, 2.75) is 27.7 Å². The summed E-state index contributed by atoms with van der Waals surface area (Å²) in [6.45, 7) is 9.43. The molecule has 0 aliphatic heterocycles. The molecule has 0 bridgehead atoms. The molecule has 1 heterocycles. The van der Waals surface area contributed by atoms with Crippen LogP contribution in [0.3, 0.4) is 0 Å². The first-order valence-electron chi connectivity index (χ1n) is 5.35. The molecule has 0 radical (unpaired) electrons. The molecule has 1 rings (SSSR count). The van der Waals surface area contributed by atoms with Crippen molar-refractivity contribution in [1.82, 2.24) is 9.97 Å². The van der Waals surface area contributed by atoms with Crippen LogP contribution in [0.4, 0.5) is 11.8 Å². The van der Waals surface area contributed by atoms with Crippen molar-refractivity contribution in [2.75, 3.05) is 23.9 Å². The number of nitrogens with one attached hydrogen (secondary N) is 1. The Kier molecular flexibility index (Phi) is 3.70. The second-order valence-electron chi connectivity index (χ2n) is 5.25. The van der Waals surface area contributed by atoms with Crippen LogP contribution in [0.25, 0.3) is 0 Å². The molecule has 90 valence electrons. The molecule has 0 unspecified atom stereocenters. The Bertz CT molecular complexity index is 356. The van der Waals surface area contributed by atoms with Crippen LogP contribution in [0.15, 0.2) is 6.07 Å². The quantitative estimate of drug-likeness (QED) is 0.601. The molecule has 5 nitrogen and oxygen atoms in total. The molecule has 1 aromatic heterocycles. The number of anilines is 2. The van der Waals surface area contributed by atoms with Gasteiger partial charge in [0.1, 0.15) is 5.82 Å². The van der Waals surface area contributed by atoms with Crippen molar-refractivity contribution >= 4 is 11.8 Å². The van der Waals surface area contributed by atoms with Gasteiger partial charge in [-0.2, -0.15) is 4.98 Å². The zero-order valence-corrected chi connectivity index (χ0v) is 10.7. The van der Waals surface area contributed by atoms with Crippen LogP contribution >= 0.6 is 0 Å². The van der Waals surface area contributed by atoms with Gasteiger partial charge in [-0.15, -0.1) is 0 Å². The third-order valence-electron chi connectivity index (χ3n) is 2.07. The lowest BCUT2D eigenvalue weighted by Gasteiger charge is -2.27. The summed E-state index contributed by atoms with van der Waals surface area (Å²) in [5, 5.41) is 0. The van der Waals surface area contributed by atoms with Gasteiger partial charge in [-0.1, -0.05) is 20.8 Å². The van der Waals surface area contributed by atoms with Crippen LogP contribution in [0, 0.1) is 12.3 Å². The van der Waals surface area contributed by atoms with Crippen LogP contribution in [-0.4, -0.2) is 23.6 Å². The number of hydrogen-bond acceptors (Lipinski definition) is 5. The Balaban J connectivity index is 2.90. The maximum atomic E-state index is 5.32. The standard InChI is InChI=1S/C11H21N5/c1-8-6-9(14-10(13-8)15-12)16(5)7-11(2,3)4/h6H,7,12H2,1-5H3,(H,13,14,15). The SMILES string of the molecule is Cc1cc(N(C)CC(C)(C)C)nc(NN)n1. The molecule has 0 aliphatic carbocycles. The zero-order chi connectivity index (χ0) is 12.3. The largest absolute Gasteiger partial charge is 0.359 e. The van der Waals surface area contributed by atoms with Gasteiger partial charge in [0.15, 0.2) is 0 Å². The van der Waals surface area contributed by atoms with Crippen LogP contribution in [0.5, 0.6) is 0 Å². The van der Waals surface area contributed by atoms with Gasteiger partial charge in [0.2, 0.25) is 5.95 Å². The lowest BCUT2D eigenvalue weighted by molar-refractivity contribution is 0.417. The van der Waals surface area contributed by atoms with E-state index in [2.05, 4.69) is 41.1 Å². The smallest absolute Gasteiger partial charge is 0.239 e. The highest BCUT2D eigenvalue weighted by atomic mass is 15.3. The fraction of sp³-hybridized carbons (Fsp3) is 0.636. The van der Waals surface area contributed by atoms with E-state index >= 15 is 0 Å². The van der Waals surface area contributed by atoms with E-state index in [1.807, 2.05) is 20.0 Å². The molecule has 3 N–H and O–H groups in total. The van der Waals surface area contributed by atoms with Crippen LogP contribution in [0.1, 0.15) is 26.5 Å². The first-order chi connectivity index (χ1) is 7.31. The minimum absolute atomic E-state index is 0.226. The van der Waals surface area contributed by atoms with E-state index in [1.165, 1.54) is 0 Å². The van der Waals surface area contributed by atoms with E-state index in [0.29, 0.717) is 5.95 Å². The van der Waals surface area contributed by atoms with Gasteiger partial charge < -0.3 is 4.90 Å². The van der Waals surface area contributed by atoms with Gasteiger partial charge in [-0.25, -0.2) is 10.8 Å². The highest BCUT2D eigenvalue weighted by Gasteiger charge is 2.15. The third kappa shape index (κ3) is 3.66. The Morgan fingerprint density at radius 1 is 1.38 bits per heavy atom. The summed E-state index contributed by atoms with van der Waals surface area (Å²) in [5.74, 6) is 6.66. The predicted molar refractivity (Wildman–Crippen MR) is 67.3 cm³/mol. The minimum atomic E-state index is 0.226. The van der Waals surface area contributed by atoms with E-state index in [4.69, 9.17) is 5.84 Å². The Morgan fingerprint density at radius 2 is 2.00 bits per heavy atom.